The maximum absolute atomic E-state index is 12.5. The van der Waals surface area contributed by atoms with Gasteiger partial charge in [-0.2, -0.15) is 0 Å². The van der Waals surface area contributed by atoms with E-state index in [9.17, 15) is 4.79 Å². The third-order valence-corrected chi connectivity index (χ3v) is 4.18. The van der Waals surface area contributed by atoms with E-state index in [1.165, 1.54) is 6.33 Å². The second kappa shape index (κ2) is 6.22. The number of rotatable bonds is 3. The summed E-state index contributed by atoms with van der Waals surface area (Å²) in [5.41, 5.74) is -0.650. The molecule has 6 nitrogen and oxygen atoms in total. The number of halogens is 2. The second-order valence-electron chi connectivity index (χ2n) is 5.08. The number of carbonyl (C=O) groups excluding carboxylic acids is 1. The Labute approximate surface area is 127 Å². The Morgan fingerprint density at radius 2 is 2.00 bits per heavy atom. The Bertz CT molecular complexity index is 503. The molecule has 2 heterocycles. The first kappa shape index (κ1) is 15.4. The van der Waals surface area contributed by atoms with Crippen LogP contribution in [0.4, 0.5) is 5.82 Å². The number of carbonyl (C=O) groups is 1. The van der Waals surface area contributed by atoms with E-state index in [0.29, 0.717) is 0 Å². The van der Waals surface area contributed by atoms with Crippen LogP contribution in [0.3, 0.4) is 0 Å². The number of amides is 1. The largest absolute Gasteiger partial charge is 0.314 e. The zero-order chi connectivity index (χ0) is 14.8. The summed E-state index contributed by atoms with van der Waals surface area (Å²) in [6, 6.07) is 0. The smallest absolute Gasteiger partial charge is 0.245 e. The molecular weight excluding hydrogens is 301 g/mol. The minimum atomic E-state index is -0.650. The maximum atomic E-state index is 12.5. The molecule has 0 aliphatic carbocycles. The predicted octanol–water partition coefficient (Wildman–Crippen LogP) is 1.41. The van der Waals surface area contributed by atoms with Gasteiger partial charge in [-0.15, -0.1) is 0 Å². The van der Waals surface area contributed by atoms with E-state index < -0.39 is 5.54 Å². The van der Waals surface area contributed by atoms with E-state index in [4.69, 9.17) is 23.2 Å². The van der Waals surface area contributed by atoms with E-state index in [1.807, 2.05) is 13.8 Å². The van der Waals surface area contributed by atoms with Gasteiger partial charge in [-0.1, -0.05) is 23.2 Å². The number of nitrogens with zero attached hydrogens (tertiary/aromatic N) is 3. The molecule has 1 saturated heterocycles. The molecule has 1 amide bonds. The topological polar surface area (TPSA) is 70.2 Å². The quantitative estimate of drug-likeness (QED) is 0.825. The number of piperazine rings is 1. The van der Waals surface area contributed by atoms with Gasteiger partial charge in [0.2, 0.25) is 5.91 Å². The van der Waals surface area contributed by atoms with Crippen molar-refractivity contribution >= 4 is 34.9 Å². The number of aromatic nitrogens is 2. The molecule has 0 radical (unpaired) electrons. The van der Waals surface area contributed by atoms with Crippen LogP contribution < -0.4 is 10.6 Å². The molecule has 1 aliphatic heterocycles. The van der Waals surface area contributed by atoms with Crippen LogP contribution in [0.5, 0.6) is 0 Å². The highest BCUT2D eigenvalue weighted by Gasteiger charge is 2.35. The Hall–Kier alpha value is -0.950. The van der Waals surface area contributed by atoms with Gasteiger partial charge in [-0.05, 0) is 13.8 Å². The summed E-state index contributed by atoms with van der Waals surface area (Å²) in [6.07, 6.45) is 1.27. The Balaban J connectivity index is 2.12. The average molecular weight is 318 g/mol. The van der Waals surface area contributed by atoms with Gasteiger partial charge in [0.05, 0.1) is 5.54 Å². The van der Waals surface area contributed by atoms with Crippen molar-refractivity contribution in [1.82, 2.24) is 20.2 Å². The van der Waals surface area contributed by atoms with E-state index in [1.54, 1.807) is 0 Å². The third-order valence-electron chi connectivity index (χ3n) is 3.44. The van der Waals surface area contributed by atoms with Gasteiger partial charge in [0.25, 0.3) is 0 Å². The van der Waals surface area contributed by atoms with Crippen LogP contribution in [0.2, 0.25) is 10.2 Å². The molecule has 0 unspecified atom stereocenters. The summed E-state index contributed by atoms with van der Waals surface area (Å²) < 4.78 is 0. The molecule has 1 aliphatic rings. The normalized spacial score (nSPS) is 17.0. The molecule has 0 spiro atoms. The monoisotopic (exact) mass is 317 g/mol. The molecule has 8 heteroatoms. The molecule has 0 saturated carbocycles. The lowest BCUT2D eigenvalue weighted by Gasteiger charge is -2.39. The molecular formula is C12H17Cl2N5O. The van der Waals surface area contributed by atoms with Crippen LogP contribution in [-0.2, 0) is 4.79 Å². The number of hydrogen-bond donors (Lipinski definition) is 2. The summed E-state index contributed by atoms with van der Waals surface area (Å²) >= 11 is 11.8. The van der Waals surface area contributed by atoms with Crippen molar-refractivity contribution < 1.29 is 4.79 Å². The van der Waals surface area contributed by atoms with Crippen molar-refractivity contribution in [3.63, 3.8) is 0 Å². The van der Waals surface area contributed by atoms with Crippen molar-refractivity contribution in [3.8, 4) is 0 Å². The molecule has 1 fully saturated rings. The van der Waals surface area contributed by atoms with Crippen molar-refractivity contribution in [1.29, 1.82) is 0 Å². The number of anilines is 1. The molecule has 0 bridgehead atoms. The minimum Gasteiger partial charge on any atom is -0.314 e. The Kier molecular flexibility index (Phi) is 4.80. The molecule has 20 heavy (non-hydrogen) atoms. The molecule has 2 N–H and O–H groups in total. The fraction of sp³-hybridized carbons (Fsp3) is 0.583. The van der Waals surface area contributed by atoms with E-state index in [-0.39, 0.29) is 21.9 Å². The van der Waals surface area contributed by atoms with Gasteiger partial charge in [-0.25, -0.2) is 9.97 Å². The molecule has 0 atom stereocenters. The number of hydrogen-bond acceptors (Lipinski definition) is 5. The van der Waals surface area contributed by atoms with Gasteiger partial charge >= 0.3 is 0 Å². The van der Waals surface area contributed by atoms with E-state index in [0.717, 1.165) is 26.2 Å². The average Bonchev–Trinajstić information content (AvgIpc) is 2.44. The first-order valence-corrected chi connectivity index (χ1v) is 7.11. The summed E-state index contributed by atoms with van der Waals surface area (Å²) in [5, 5.41) is 6.25. The third kappa shape index (κ3) is 3.20. The molecule has 110 valence electrons. The van der Waals surface area contributed by atoms with E-state index in [2.05, 4.69) is 25.5 Å². The summed E-state index contributed by atoms with van der Waals surface area (Å²) in [4.78, 5) is 22.3. The summed E-state index contributed by atoms with van der Waals surface area (Å²) in [6.45, 7) is 7.14. The van der Waals surface area contributed by atoms with Crippen molar-refractivity contribution in [2.24, 2.45) is 0 Å². The van der Waals surface area contributed by atoms with Crippen LogP contribution in [0.1, 0.15) is 13.8 Å². The standard InChI is InChI=1S/C12H17Cl2N5O/c1-12(2,19-5-3-15-4-6-19)11(20)18-10-8(13)9(14)16-7-17-10/h7,15H,3-6H2,1-2H3,(H,16,17,18,20). The predicted molar refractivity (Wildman–Crippen MR) is 79.2 cm³/mol. The summed E-state index contributed by atoms with van der Waals surface area (Å²) in [5.74, 6) is 0.0657. The number of nitrogens with one attached hydrogen (secondary N) is 2. The maximum Gasteiger partial charge on any atom is 0.245 e. The lowest BCUT2D eigenvalue weighted by atomic mass is 10.0. The Morgan fingerprint density at radius 1 is 1.35 bits per heavy atom. The lowest BCUT2D eigenvalue weighted by Crippen LogP contribution is -2.58. The highest BCUT2D eigenvalue weighted by molar-refractivity contribution is 6.43. The highest BCUT2D eigenvalue weighted by atomic mass is 35.5. The van der Waals surface area contributed by atoms with Crippen LogP contribution in [0.15, 0.2) is 6.33 Å². The van der Waals surface area contributed by atoms with E-state index >= 15 is 0 Å². The first-order valence-electron chi connectivity index (χ1n) is 6.36. The Morgan fingerprint density at radius 3 is 2.65 bits per heavy atom. The summed E-state index contributed by atoms with van der Waals surface area (Å²) in [7, 11) is 0. The zero-order valence-electron chi connectivity index (χ0n) is 11.4. The van der Waals surface area contributed by atoms with Crippen LogP contribution in [0, 0.1) is 0 Å². The first-order chi connectivity index (χ1) is 9.43. The molecule has 2 rings (SSSR count). The van der Waals surface area contributed by atoms with Crippen LogP contribution in [-0.4, -0.2) is 52.5 Å². The SMILES string of the molecule is CC(C)(C(=O)Nc1ncnc(Cl)c1Cl)N1CCNCC1. The van der Waals surface area contributed by atoms with Gasteiger partial charge < -0.3 is 10.6 Å². The second-order valence-corrected chi connectivity index (χ2v) is 5.81. The van der Waals surface area contributed by atoms with Gasteiger partial charge in [0.1, 0.15) is 11.3 Å². The fourth-order valence-corrected chi connectivity index (χ4v) is 2.34. The zero-order valence-corrected chi connectivity index (χ0v) is 12.9. The minimum absolute atomic E-state index is 0.122. The van der Waals surface area contributed by atoms with Crippen LogP contribution in [0.25, 0.3) is 0 Å². The van der Waals surface area contributed by atoms with Gasteiger partial charge in [0, 0.05) is 26.2 Å². The molecule has 1 aromatic heterocycles. The lowest BCUT2D eigenvalue weighted by molar-refractivity contribution is -0.126. The van der Waals surface area contributed by atoms with Crippen molar-refractivity contribution in [2.75, 3.05) is 31.5 Å². The van der Waals surface area contributed by atoms with Gasteiger partial charge in [-0.3, -0.25) is 9.69 Å². The van der Waals surface area contributed by atoms with Crippen molar-refractivity contribution in [2.45, 2.75) is 19.4 Å². The van der Waals surface area contributed by atoms with Crippen LogP contribution >= 0.6 is 23.2 Å². The van der Waals surface area contributed by atoms with Gasteiger partial charge in [0.15, 0.2) is 11.0 Å². The fourth-order valence-electron chi connectivity index (χ4n) is 2.06. The molecule has 0 aromatic carbocycles. The molecule has 1 aromatic rings. The highest BCUT2D eigenvalue weighted by Crippen LogP contribution is 2.26. The van der Waals surface area contributed by atoms with Crippen molar-refractivity contribution in [3.05, 3.63) is 16.5 Å².